The number of aromatic nitrogens is 2. The van der Waals surface area contributed by atoms with Gasteiger partial charge in [-0.15, -0.1) is 0 Å². The number of nitrogens with one attached hydrogen (secondary N) is 1. The number of anilines is 2. The van der Waals surface area contributed by atoms with Crippen molar-refractivity contribution in [3.8, 4) is 0 Å². The van der Waals surface area contributed by atoms with Crippen molar-refractivity contribution in [2.45, 2.75) is 78.0 Å². The molecule has 0 aromatic carbocycles. The van der Waals surface area contributed by atoms with Crippen molar-refractivity contribution in [3.63, 3.8) is 0 Å². The Labute approximate surface area is 158 Å². The van der Waals surface area contributed by atoms with Crippen LogP contribution in [0.5, 0.6) is 0 Å². The predicted octanol–water partition coefficient (Wildman–Crippen LogP) is 1.29. The minimum absolute atomic E-state index is 0.0104. The van der Waals surface area contributed by atoms with Gasteiger partial charge in [-0.05, 0) is 44.4 Å². The van der Waals surface area contributed by atoms with Crippen LogP contribution < -0.4 is 22.3 Å². The summed E-state index contributed by atoms with van der Waals surface area (Å²) in [5.41, 5.74) is 4.19. The van der Waals surface area contributed by atoms with Gasteiger partial charge in [-0.3, -0.25) is 18.7 Å². The van der Waals surface area contributed by atoms with Crippen LogP contribution in [0, 0.1) is 11.3 Å². The molecular formula is C19H30N4O4. The second-order valence-electron chi connectivity index (χ2n) is 7.90. The molecule has 2 saturated carbocycles. The topological polar surface area (TPSA) is 119 Å². The number of amides is 1. The van der Waals surface area contributed by atoms with Gasteiger partial charge < -0.3 is 16.2 Å². The number of hydrogen-bond donors (Lipinski definition) is 3. The smallest absolute Gasteiger partial charge is 0.332 e. The summed E-state index contributed by atoms with van der Waals surface area (Å²) < 4.78 is 2.48. The Morgan fingerprint density at radius 2 is 1.85 bits per heavy atom. The van der Waals surface area contributed by atoms with Crippen LogP contribution >= 0.6 is 0 Å². The summed E-state index contributed by atoms with van der Waals surface area (Å²) in [5, 5.41) is 13.3. The predicted molar refractivity (Wildman–Crippen MR) is 104 cm³/mol. The van der Waals surface area contributed by atoms with E-state index < -0.39 is 22.8 Å². The molecule has 8 heteroatoms. The molecule has 1 aromatic rings. The summed E-state index contributed by atoms with van der Waals surface area (Å²) in [5.74, 6) is -0.220. The van der Waals surface area contributed by atoms with Crippen LogP contribution in [0.4, 0.5) is 11.5 Å². The van der Waals surface area contributed by atoms with Gasteiger partial charge >= 0.3 is 5.69 Å². The number of aliphatic hydroxyl groups is 1. The fraction of sp³-hybridized carbons (Fsp3) is 0.737. The zero-order valence-electron chi connectivity index (χ0n) is 16.2. The minimum atomic E-state index is -0.858. The summed E-state index contributed by atoms with van der Waals surface area (Å²) in [6.45, 7) is 4.42. The normalized spacial score (nSPS) is 26.9. The van der Waals surface area contributed by atoms with Crippen molar-refractivity contribution in [1.29, 1.82) is 0 Å². The molecule has 1 aromatic heterocycles. The molecule has 0 aliphatic heterocycles. The molecule has 1 heterocycles. The Balaban J connectivity index is 2.02. The first kappa shape index (κ1) is 19.7. The van der Waals surface area contributed by atoms with E-state index in [1.54, 1.807) is 0 Å². The fourth-order valence-corrected chi connectivity index (χ4v) is 4.75. The summed E-state index contributed by atoms with van der Waals surface area (Å²) >= 11 is 0. The highest BCUT2D eigenvalue weighted by Crippen LogP contribution is 2.52. The van der Waals surface area contributed by atoms with Crippen LogP contribution in [-0.4, -0.2) is 26.3 Å². The molecule has 3 unspecified atom stereocenters. The van der Waals surface area contributed by atoms with Gasteiger partial charge in [0, 0.05) is 13.1 Å². The van der Waals surface area contributed by atoms with E-state index in [-0.39, 0.29) is 29.9 Å². The molecule has 0 saturated heterocycles. The molecule has 27 heavy (non-hydrogen) atoms. The van der Waals surface area contributed by atoms with E-state index in [9.17, 15) is 19.5 Å². The lowest BCUT2D eigenvalue weighted by atomic mass is 9.72. The van der Waals surface area contributed by atoms with Gasteiger partial charge in [0.1, 0.15) is 11.5 Å². The van der Waals surface area contributed by atoms with E-state index in [1.807, 2.05) is 13.8 Å². The molecule has 2 fully saturated rings. The Hall–Kier alpha value is -2.09. The fourth-order valence-electron chi connectivity index (χ4n) is 4.75. The number of rotatable bonds is 6. The van der Waals surface area contributed by atoms with Crippen LogP contribution in [-0.2, 0) is 17.9 Å². The van der Waals surface area contributed by atoms with Gasteiger partial charge in [0.15, 0.2) is 0 Å². The maximum Gasteiger partial charge on any atom is 0.332 e. The van der Waals surface area contributed by atoms with E-state index in [4.69, 9.17) is 5.73 Å². The van der Waals surface area contributed by atoms with E-state index in [0.29, 0.717) is 32.2 Å². The first-order chi connectivity index (χ1) is 12.9. The van der Waals surface area contributed by atoms with Crippen molar-refractivity contribution in [3.05, 3.63) is 20.8 Å². The second-order valence-corrected chi connectivity index (χ2v) is 7.90. The van der Waals surface area contributed by atoms with E-state index >= 15 is 0 Å². The Bertz CT molecular complexity index is 839. The third kappa shape index (κ3) is 3.09. The van der Waals surface area contributed by atoms with Gasteiger partial charge in [-0.25, -0.2) is 4.79 Å². The van der Waals surface area contributed by atoms with Gasteiger partial charge in [0.2, 0.25) is 5.91 Å². The SMILES string of the molecule is CCCn1c(N)c(NC(=O)C23CCCC(CC2)C3O)c(=O)n(CCC)c1=O. The number of nitrogens with zero attached hydrogens (tertiary/aromatic N) is 2. The molecule has 2 aliphatic carbocycles. The highest BCUT2D eigenvalue weighted by atomic mass is 16.3. The first-order valence-electron chi connectivity index (χ1n) is 10.00. The second kappa shape index (κ2) is 7.50. The van der Waals surface area contributed by atoms with Gasteiger partial charge in [-0.2, -0.15) is 0 Å². The molecule has 2 aliphatic rings. The highest BCUT2D eigenvalue weighted by molar-refractivity contribution is 5.97. The van der Waals surface area contributed by atoms with Gasteiger partial charge in [-0.1, -0.05) is 20.3 Å². The quantitative estimate of drug-likeness (QED) is 0.689. The van der Waals surface area contributed by atoms with Gasteiger partial charge in [0.25, 0.3) is 5.56 Å². The van der Waals surface area contributed by atoms with Gasteiger partial charge in [0.05, 0.1) is 11.5 Å². The first-order valence-corrected chi connectivity index (χ1v) is 10.00. The lowest BCUT2D eigenvalue weighted by Crippen LogP contribution is -2.48. The molecule has 8 nitrogen and oxygen atoms in total. The van der Waals surface area contributed by atoms with E-state index in [1.165, 1.54) is 4.57 Å². The van der Waals surface area contributed by atoms with Crippen molar-refractivity contribution in [2.24, 2.45) is 11.3 Å². The molecule has 3 rings (SSSR count). The third-order valence-electron chi connectivity index (χ3n) is 6.22. The van der Waals surface area contributed by atoms with Crippen LogP contribution in [0.15, 0.2) is 9.59 Å². The van der Waals surface area contributed by atoms with Crippen molar-refractivity contribution in [1.82, 2.24) is 9.13 Å². The van der Waals surface area contributed by atoms with Crippen LogP contribution in [0.25, 0.3) is 0 Å². The Kier molecular flexibility index (Phi) is 5.46. The number of fused-ring (bicyclic) bond motifs is 2. The number of nitrogens with two attached hydrogens (primary N) is 1. The molecule has 1 amide bonds. The van der Waals surface area contributed by atoms with Crippen molar-refractivity contribution >= 4 is 17.4 Å². The van der Waals surface area contributed by atoms with Crippen LogP contribution in [0.1, 0.15) is 58.8 Å². The van der Waals surface area contributed by atoms with Crippen molar-refractivity contribution < 1.29 is 9.90 Å². The molecule has 150 valence electrons. The maximum absolute atomic E-state index is 13.1. The molecule has 0 radical (unpaired) electrons. The standard InChI is InChI=1S/C19H30N4O4/c1-3-10-22-15(20)13(16(25)23(11-4-2)18(22)27)21-17(26)19-8-5-6-12(7-9-19)14(19)24/h12,14,24H,3-11,20H2,1-2H3,(H,21,26). The number of aliphatic hydroxyl groups excluding tert-OH is 1. The van der Waals surface area contributed by atoms with Crippen LogP contribution in [0.2, 0.25) is 0 Å². The van der Waals surface area contributed by atoms with Crippen LogP contribution in [0.3, 0.4) is 0 Å². The largest absolute Gasteiger partial charge is 0.392 e. The molecule has 2 bridgehead atoms. The maximum atomic E-state index is 13.1. The molecule has 0 spiro atoms. The van der Waals surface area contributed by atoms with E-state index in [2.05, 4.69) is 5.32 Å². The summed E-state index contributed by atoms with van der Waals surface area (Å²) in [7, 11) is 0. The monoisotopic (exact) mass is 378 g/mol. The Morgan fingerprint density at radius 1 is 1.19 bits per heavy atom. The number of hydrogen-bond acceptors (Lipinski definition) is 5. The lowest BCUT2D eigenvalue weighted by Gasteiger charge is -2.36. The summed E-state index contributed by atoms with van der Waals surface area (Å²) in [4.78, 5) is 38.6. The third-order valence-corrected chi connectivity index (χ3v) is 6.22. The average molecular weight is 378 g/mol. The number of carbonyl (C=O) groups excluding carboxylic acids is 1. The summed E-state index contributed by atoms with van der Waals surface area (Å²) in [6, 6.07) is 0. The zero-order chi connectivity index (χ0) is 19.8. The molecular weight excluding hydrogens is 348 g/mol. The average Bonchev–Trinajstić information content (AvgIpc) is 2.84. The highest BCUT2D eigenvalue weighted by Gasteiger charge is 2.54. The number of nitrogen functional groups attached to an aromatic ring is 1. The lowest BCUT2D eigenvalue weighted by molar-refractivity contribution is -0.134. The van der Waals surface area contributed by atoms with Crippen molar-refractivity contribution in [2.75, 3.05) is 11.1 Å². The molecule has 3 atom stereocenters. The number of carbonyl (C=O) groups is 1. The Morgan fingerprint density at radius 3 is 2.52 bits per heavy atom. The summed E-state index contributed by atoms with van der Waals surface area (Å²) in [6.07, 6.45) is 4.46. The minimum Gasteiger partial charge on any atom is -0.392 e. The zero-order valence-corrected chi connectivity index (χ0v) is 16.2. The van der Waals surface area contributed by atoms with E-state index in [0.717, 1.165) is 23.8 Å². The molecule has 4 N–H and O–H groups in total.